The molecule has 0 fully saturated rings. The third-order valence-electron chi connectivity index (χ3n) is 4.55. The van der Waals surface area contributed by atoms with Gasteiger partial charge in [-0.1, -0.05) is 30.3 Å². The summed E-state index contributed by atoms with van der Waals surface area (Å²) in [5, 5.41) is 5.11. The summed E-state index contributed by atoms with van der Waals surface area (Å²) in [5.41, 5.74) is 1.91. The first-order valence-corrected chi connectivity index (χ1v) is 10.3. The molecule has 0 aliphatic rings. The molecule has 1 atom stereocenters. The summed E-state index contributed by atoms with van der Waals surface area (Å²) in [6, 6.07) is 13.9. The van der Waals surface area contributed by atoms with Crippen LogP contribution in [0.4, 0.5) is 0 Å². The van der Waals surface area contributed by atoms with Crippen molar-refractivity contribution in [2.75, 3.05) is 13.7 Å². The Morgan fingerprint density at radius 2 is 1.78 bits per heavy atom. The number of carbonyl (C=O) groups excluding carboxylic acids is 1. The van der Waals surface area contributed by atoms with Crippen LogP contribution in [-0.2, 0) is 14.8 Å². The van der Waals surface area contributed by atoms with Crippen LogP contribution in [0, 0.1) is 6.92 Å². The molecule has 0 bridgehead atoms. The number of ether oxygens (including phenoxy) is 1. The van der Waals surface area contributed by atoms with Gasteiger partial charge in [-0.15, -0.1) is 0 Å². The summed E-state index contributed by atoms with van der Waals surface area (Å²) in [6.45, 7) is 4.35. The van der Waals surface area contributed by atoms with E-state index in [0.29, 0.717) is 19.4 Å². The van der Waals surface area contributed by atoms with Gasteiger partial charge in [-0.25, -0.2) is 13.6 Å². The number of hydrogen-bond donors (Lipinski definition) is 1. The second kappa shape index (κ2) is 9.01. The number of nitrogens with zero attached hydrogens (tertiary/aromatic N) is 1. The minimum Gasteiger partial charge on any atom is -0.493 e. The highest BCUT2D eigenvalue weighted by Crippen LogP contribution is 2.21. The van der Waals surface area contributed by atoms with Crippen molar-refractivity contribution < 1.29 is 17.9 Å². The van der Waals surface area contributed by atoms with Gasteiger partial charge in [-0.05, 0) is 49.6 Å². The van der Waals surface area contributed by atoms with Crippen LogP contribution in [0.5, 0.6) is 5.75 Å². The van der Waals surface area contributed by atoms with E-state index in [4.69, 9.17) is 9.88 Å². The number of amides is 1. The molecule has 0 aromatic heterocycles. The van der Waals surface area contributed by atoms with Gasteiger partial charge in [0.05, 0.1) is 17.5 Å². The van der Waals surface area contributed by atoms with Crippen LogP contribution in [-0.4, -0.2) is 32.9 Å². The molecule has 2 rings (SSSR count). The first-order chi connectivity index (χ1) is 12.7. The number of aryl methyl sites for hydroxylation is 1. The van der Waals surface area contributed by atoms with Crippen molar-refractivity contribution in [2.45, 2.75) is 37.6 Å². The highest BCUT2D eigenvalue weighted by Gasteiger charge is 2.18. The summed E-state index contributed by atoms with van der Waals surface area (Å²) < 4.78 is 28.4. The molecule has 7 heteroatoms. The number of nitrogens with two attached hydrogens (primary N) is 1. The summed E-state index contributed by atoms with van der Waals surface area (Å²) in [5.74, 6) is 0.841. The van der Waals surface area contributed by atoms with Gasteiger partial charge in [0.2, 0.25) is 15.9 Å². The van der Waals surface area contributed by atoms with Crippen LogP contribution < -0.4 is 9.88 Å². The van der Waals surface area contributed by atoms with E-state index in [2.05, 4.69) is 0 Å². The molecular formula is C20H26N2O4S. The number of sulfonamides is 1. The molecule has 146 valence electrons. The lowest BCUT2D eigenvalue weighted by molar-refractivity contribution is -0.132. The SMILES string of the molecule is Cc1ccccc1OCCCC(=O)N(C)C(C)c1ccc(S(N)(=O)=O)cc1. The van der Waals surface area contributed by atoms with Crippen molar-refractivity contribution in [3.63, 3.8) is 0 Å². The van der Waals surface area contributed by atoms with Gasteiger partial charge in [-0.3, -0.25) is 4.79 Å². The lowest BCUT2D eigenvalue weighted by Gasteiger charge is -2.25. The van der Waals surface area contributed by atoms with Crippen LogP contribution in [0.15, 0.2) is 53.4 Å². The van der Waals surface area contributed by atoms with Gasteiger partial charge in [0.25, 0.3) is 0 Å². The molecule has 1 unspecified atom stereocenters. The Morgan fingerprint density at radius 3 is 2.37 bits per heavy atom. The molecule has 2 aromatic carbocycles. The molecule has 0 saturated carbocycles. The number of para-hydroxylation sites is 1. The van der Waals surface area contributed by atoms with Gasteiger partial charge >= 0.3 is 0 Å². The smallest absolute Gasteiger partial charge is 0.238 e. The maximum absolute atomic E-state index is 12.4. The van der Waals surface area contributed by atoms with Gasteiger partial charge in [0, 0.05) is 13.5 Å². The average molecular weight is 391 g/mol. The Hall–Kier alpha value is -2.38. The molecule has 0 radical (unpaired) electrons. The lowest BCUT2D eigenvalue weighted by atomic mass is 10.1. The Labute approximate surface area is 161 Å². The van der Waals surface area contributed by atoms with E-state index in [1.165, 1.54) is 12.1 Å². The molecule has 0 spiro atoms. The number of hydrogen-bond acceptors (Lipinski definition) is 4. The summed E-state index contributed by atoms with van der Waals surface area (Å²) in [6.07, 6.45) is 0.997. The zero-order valence-corrected chi connectivity index (χ0v) is 16.7. The van der Waals surface area contributed by atoms with Crippen molar-refractivity contribution in [1.29, 1.82) is 0 Å². The predicted octanol–water partition coefficient (Wildman–Crippen LogP) is 3.02. The topological polar surface area (TPSA) is 89.7 Å². The van der Waals surface area contributed by atoms with E-state index in [1.807, 2.05) is 38.1 Å². The average Bonchev–Trinajstić information content (AvgIpc) is 2.64. The Balaban J connectivity index is 1.86. The van der Waals surface area contributed by atoms with Crippen molar-refractivity contribution >= 4 is 15.9 Å². The number of rotatable bonds is 8. The quantitative estimate of drug-likeness (QED) is 0.702. The minimum absolute atomic E-state index is 0.00593. The molecule has 2 aromatic rings. The predicted molar refractivity (Wildman–Crippen MR) is 105 cm³/mol. The van der Waals surface area contributed by atoms with E-state index < -0.39 is 10.0 Å². The standard InChI is InChI=1S/C20H26N2O4S/c1-15-7-4-5-8-19(15)26-14-6-9-20(23)22(3)16(2)17-10-12-18(13-11-17)27(21,24)25/h4-5,7-8,10-13,16H,6,9,14H2,1-3H3,(H2,21,24,25). The monoisotopic (exact) mass is 390 g/mol. The highest BCUT2D eigenvalue weighted by molar-refractivity contribution is 7.89. The summed E-state index contributed by atoms with van der Waals surface area (Å²) >= 11 is 0. The van der Waals surface area contributed by atoms with Crippen molar-refractivity contribution in [2.24, 2.45) is 5.14 Å². The normalized spacial score (nSPS) is 12.4. The molecule has 0 aliphatic heterocycles. The maximum atomic E-state index is 12.4. The number of carbonyl (C=O) groups is 1. The maximum Gasteiger partial charge on any atom is 0.238 e. The fourth-order valence-electron chi connectivity index (χ4n) is 2.68. The third-order valence-corrected chi connectivity index (χ3v) is 5.48. The molecule has 2 N–H and O–H groups in total. The van der Waals surface area contributed by atoms with E-state index in [1.54, 1.807) is 24.1 Å². The van der Waals surface area contributed by atoms with Gasteiger partial charge in [-0.2, -0.15) is 0 Å². The Kier molecular flexibility index (Phi) is 6.98. The fraction of sp³-hybridized carbons (Fsp3) is 0.350. The molecule has 0 aliphatic carbocycles. The highest BCUT2D eigenvalue weighted by atomic mass is 32.2. The van der Waals surface area contributed by atoms with Gasteiger partial charge in [0.15, 0.2) is 0 Å². The van der Waals surface area contributed by atoms with Crippen LogP contribution in [0.1, 0.15) is 36.9 Å². The lowest BCUT2D eigenvalue weighted by Crippen LogP contribution is -2.29. The van der Waals surface area contributed by atoms with E-state index in [9.17, 15) is 13.2 Å². The second-order valence-corrected chi connectivity index (χ2v) is 8.07. The van der Waals surface area contributed by atoms with Crippen LogP contribution in [0.3, 0.4) is 0 Å². The molecule has 1 amide bonds. The molecule has 27 heavy (non-hydrogen) atoms. The van der Waals surface area contributed by atoms with E-state index >= 15 is 0 Å². The second-order valence-electron chi connectivity index (χ2n) is 6.51. The first-order valence-electron chi connectivity index (χ1n) is 8.77. The fourth-order valence-corrected chi connectivity index (χ4v) is 3.19. The van der Waals surface area contributed by atoms with Crippen LogP contribution in [0.25, 0.3) is 0 Å². The van der Waals surface area contributed by atoms with Crippen molar-refractivity contribution in [1.82, 2.24) is 4.90 Å². The van der Waals surface area contributed by atoms with Crippen molar-refractivity contribution in [3.05, 3.63) is 59.7 Å². The van der Waals surface area contributed by atoms with Crippen LogP contribution >= 0.6 is 0 Å². The largest absolute Gasteiger partial charge is 0.493 e. The zero-order chi connectivity index (χ0) is 20.0. The molecular weight excluding hydrogens is 364 g/mol. The molecule has 0 saturated heterocycles. The van der Waals surface area contributed by atoms with Gasteiger partial charge in [0.1, 0.15) is 5.75 Å². The first kappa shape index (κ1) is 20.9. The third kappa shape index (κ3) is 5.80. The number of primary sulfonamides is 1. The minimum atomic E-state index is -3.72. The van der Waals surface area contributed by atoms with E-state index in [-0.39, 0.29) is 16.8 Å². The number of benzene rings is 2. The molecule has 6 nitrogen and oxygen atoms in total. The molecule has 0 heterocycles. The van der Waals surface area contributed by atoms with Gasteiger partial charge < -0.3 is 9.64 Å². The Morgan fingerprint density at radius 1 is 1.15 bits per heavy atom. The Bertz CT molecular complexity index is 879. The van der Waals surface area contributed by atoms with Crippen molar-refractivity contribution in [3.8, 4) is 5.75 Å². The van der Waals surface area contributed by atoms with Crippen LogP contribution in [0.2, 0.25) is 0 Å². The zero-order valence-electron chi connectivity index (χ0n) is 15.9. The van der Waals surface area contributed by atoms with E-state index in [0.717, 1.165) is 16.9 Å². The summed E-state index contributed by atoms with van der Waals surface area (Å²) in [7, 11) is -1.98. The summed E-state index contributed by atoms with van der Waals surface area (Å²) in [4.78, 5) is 14.1.